The molecule has 3 aliphatic rings. The zero-order valence-electron chi connectivity index (χ0n) is 19.2. The fourth-order valence-electron chi connectivity index (χ4n) is 6.38. The van der Waals surface area contributed by atoms with E-state index in [4.69, 9.17) is 4.74 Å². The van der Waals surface area contributed by atoms with Crippen LogP contribution in [0.25, 0.3) is 0 Å². The monoisotopic (exact) mass is 434 g/mol. The van der Waals surface area contributed by atoms with Gasteiger partial charge in [0.25, 0.3) is 0 Å². The van der Waals surface area contributed by atoms with Gasteiger partial charge in [-0.05, 0) is 48.1 Å². The molecule has 4 heteroatoms. The van der Waals surface area contributed by atoms with Crippen LogP contribution in [-0.2, 0) is 4.74 Å². The number of aliphatic hydroxyl groups excluding tert-OH is 1. The summed E-state index contributed by atoms with van der Waals surface area (Å²) in [7, 11) is 0. The molecule has 2 aliphatic carbocycles. The second-order valence-corrected chi connectivity index (χ2v) is 10.2. The van der Waals surface area contributed by atoms with Gasteiger partial charge in [0.15, 0.2) is 0 Å². The second-order valence-electron chi connectivity index (χ2n) is 10.2. The van der Waals surface area contributed by atoms with Crippen molar-refractivity contribution in [3.63, 3.8) is 0 Å². The van der Waals surface area contributed by atoms with E-state index in [0.29, 0.717) is 13.2 Å². The molecule has 0 radical (unpaired) electrons. The lowest BCUT2D eigenvalue weighted by molar-refractivity contribution is -0.0101. The van der Waals surface area contributed by atoms with Crippen LogP contribution in [0.2, 0.25) is 0 Å². The van der Waals surface area contributed by atoms with E-state index in [2.05, 4.69) is 70.5 Å². The maximum atomic E-state index is 10.6. The van der Waals surface area contributed by atoms with Crippen LogP contribution < -0.4 is 0 Å². The number of hydrogen-bond acceptors (Lipinski definition) is 4. The zero-order valence-corrected chi connectivity index (χ0v) is 19.2. The van der Waals surface area contributed by atoms with Gasteiger partial charge in [0.05, 0.1) is 18.8 Å². The molecule has 1 heterocycles. The van der Waals surface area contributed by atoms with Crippen molar-refractivity contribution in [2.24, 2.45) is 17.8 Å². The maximum absolute atomic E-state index is 10.6. The molecule has 1 N–H and O–H groups in total. The maximum Gasteiger partial charge on any atom is 0.0900 e. The molecule has 0 spiro atoms. The van der Waals surface area contributed by atoms with Gasteiger partial charge < -0.3 is 9.84 Å². The lowest BCUT2D eigenvalue weighted by atomic mass is 9.90. The highest BCUT2D eigenvalue weighted by Gasteiger charge is 2.39. The van der Waals surface area contributed by atoms with E-state index in [1.54, 1.807) is 0 Å². The van der Waals surface area contributed by atoms with Gasteiger partial charge in [-0.25, -0.2) is 0 Å². The van der Waals surface area contributed by atoms with Gasteiger partial charge in [-0.2, -0.15) is 0 Å². The molecule has 2 saturated carbocycles. The van der Waals surface area contributed by atoms with Gasteiger partial charge in [-0.1, -0.05) is 67.1 Å². The van der Waals surface area contributed by atoms with Gasteiger partial charge in [0, 0.05) is 39.3 Å². The Hall–Kier alpha value is -1.72. The van der Waals surface area contributed by atoms with Gasteiger partial charge in [0.1, 0.15) is 0 Å². The van der Waals surface area contributed by atoms with Crippen molar-refractivity contribution in [2.75, 3.05) is 45.9 Å². The number of hydrogen-bond donors (Lipinski definition) is 1. The van der Waals surface area contributed by atoms with Crippen LogP contribution in [0.5, 0.6) is 0 Å². The lowest BCUT2D eigenvalue weighted by Crippen LogP contribution is -2.50. The highest BCUT2D eigenvalue weighted by atomic mass is 16.5. The molecule has 0 aromatic heterocycles. The van der Waals surface area contributed by atoms with Gasteiger partial charge >= 0.3 is 0 Å². The zero-order chi connectivity index (χ0) is 21.8. The molecule has 172 valence electrons. The first kappa shape index (κ1) is 22.1. The summed E-state index contributed by atoms with van der Waals surface area (Å²) in [4.78, 5) is 4.98. The first-order chi connectivity index (χ1) is 15.8. The molecule has 3 fully saturated rings. The molecule has 4 nitrogen and oxygen atoms in total. The van der Waals surface area contributed by atoms with E-state index in [1.165, 1.54) is 36.8 Å². The summed E-state index contributed by atoms with van der Waals surface area (Å²) in [6, 6.07) is 21.9. The van der Waals surface area contributed by atoms with Crippen molar-refractivity contribution >= 4 is 0 Å². The fourth-order valence-corrected chi connectivity index (χ4v) is 6.38. The summed E-state index contributed by atoms with van der Waals surface area (Å²) in [5.74, 6) is 2.61. The molecule has 32 heavy (non-hydrogen) atoms. The number of nitrogens with zero attached hydrogens (tertiary/aromatic N) is 2. The van der Waals surface area contributed by atoms with Crippen molar-refractivity contribution in [1.29, 1.82) is 0 Å². The molecule has 1 aliphatic heterocycles. The van der Waals surface area contributed by atoms with Crippen LogP contribution in [0.3, 0.4) is 0 Å². The van der Waals surface area contributed by atoms with Gasteiger partial charge in [0.2, 0.25) is 0 Å². The van der Waals surface area contributed by atoms with Crippen LogP contribution in [-0.4, -0.2) is 66.9 Å². The minimum Gasteiger partial charge on any atom is -0.389 e. The van der Waals surface area contributed by atoms with Crippen LogP contribution in [0.4, 0.5) is 0 Å². The van der Waals surface area contributed by atoms with Gasteiger partial charge in [-0.15, -0.1) is 0 Å². The smallest absolute Gasteiger partial charge is 0.0900 e. The normalized spacial score (nSPS) is 27.2. The highest BCUT2D eigenvalue weighted by molar-refractivity contribution is 5.31. The minimum atomic E-state index is -0.390. The molecule has 0 amide bonds. The minimum absolute atomic E-state index is 0.287. The number of aliphatic hydroxyl groups is 1. The third-order valence-corrected chi connectivity index (χ3v) is 8.00. The van der Waals surface area contributed by atoms with Crippen molar-refractivity contribution in [3.8, 4) is 0 Å². The Kier molecular flexibility index (Phi) is 7.23. The fraction of sp³-hybridized carbons (Fsp3) is 0.571. The summed E-state index contributed by atoms with van der Waals surface area (Å²) in [5.41, 5.74) is 2.70. The third kappa shape index (κ3) is 5.26. The number of benzene rings is 2. The average molecular weight is 435 g/mol. The second kappa shape index (κ2) is 10.5. The molecule has 5 rings (SSSR count). The number of fused-ring (bicyclic) bond motifs is 2. The van der Waals surface area contributed by atoms with E-state index in [0.717, 1.165) is 50.5 Å². The number of β-amino-alcohol motifs (C(OH)–C–C–N with tert-alkyl or cyclic N) is 1. The summed E-state index contributed by atoms with van der Waals surface area (Å²) < 4.78 is 5.96. The average Bonchev–Trinajstić information content (AvgIpc) is 3.45. The van der Waals surface area contributed by atoms with Crippen LogP contribution in [0.1, 0.15) is 42.9 Å². The summed E-state index contributed by atoms with van der Waals surface area (Å²) in [5, 5.41) is 10.6. The van der Waals surface area contributed by atoms with Crippen molar-refractivity contribution < 1.29 is 9.84 Å². The van der Waals surface area contributed by atoms with Crippen molar-refractivity contribution in [2.45, 2.75) is 37.8 Å². The Labute approximate surface area is 193 Å². The van der Waals surface area contributed by atoms with Crippen LogP contribution >= 0.6 is 0 Å². The predicted octanol–water partition coefficient (Wildman–Crippen LogP) is 4.21. The SMILES string of the molecule is O[C@H](COC[C@H]1C[C@H]2CC[C@H]1C2)CN1CCN(C(c2ccccc2)c2ccccc2)CC1. The molecule has 0 unspecified atom stereocenters. The topological polar surface area (TPSA) is 35.9 Å². The quantitative estimate of drug-likeness (QED) is 0.641. The van der Waals surface area contributed by atoms with E-state index in [9.17, 15) is 5.11 Å². The molecular weight excluding hydrogens is 396 g/mol. The molecule has 2 bridgehead atoms. The molecule has 4 atom stereocenters. The van der Waals surface area contributed by atoms with Crippen LogP contribution in [0.15, 0.2) is 60.7 Å². The number of ether oxygens (including phenoxy) is 1. The third-order valence-electron chi connectivity index (χ3n) is 8.00. The summed E-state index contributed by atoms with van der Waals surface area (Å²) in [6.45, 7) is 6.03. The number of piperazine rings is 1. The molecular formula is C28H38N2O2. The highest BCUT2D eigenvalue weighted by Crippen LogP contribution is 2.48. The summed E-state index contributed by atoms with van der Waals surface area (Å²) >= 11 is 0. The van der Waals surface area contributed by atoms with Crippen molar-refractivity contribution in [3.05, 3.63) is 71.8 Å². The van der Waals surface area contributed by atoms with E-state index in [1.807, 2.05) is 0 Å². The van der Waals surface area contributed by atoms with E-state index < -0.39 is 0 Å². The Bertz CT molecular complexity index is 782. The van der Waals surface area contributed by atoms with Crippen molar-refractivity contribution in [1.82, 2.24) is 9.80 Å². The number of rotatable bonds is 9. The summed E-state index contributed by atoms with van der Waals surface area (Å²) in [6.07, 6.45) is 5.23. The molecule has 1 saturated heterocycles. The van der Waals surface area contributed by atoms with Gasteiger partial charge in [-0.3, -0.25) is 9.80 Å². The van der Waals surface area contributed by atoms with Crippen LogP contribution in [0, 0.1) is 17.8 Å². The van der Waals surface area contributed by atoms with E-state index in [-0.39, 0.29) is 12.1 Å². The standard InChI is InChI=1S/C28H38N2O2/c31-27(21-32-20-26-18-22-11-12-25(26)17-22)19-29-13-15-30(16-14-29)28(23-7-3-1-4-8-23)24-9-5-2-6-10-24/h1-10,22,25-28,31H,11-21H2/t22-,25-,26+,27-/m0/s1. The Morgan fingerprint density at radius 1 is 0.844 bits per heavy atom. The Balaban J connectivity index is 1.10. The molecule has 2 aromatic rings. The Morgan fingerprint density at radius 3 is 2.06 bits per heavy atom. The first-order valence-corrected chi connectivity index (χ1v) is 12.6. The predicted molar refractivity (Wildman–Crippen MR) is 129 cm³/mol. The van der Waals surface area contributed by atoms with E-state index >= 15 is 0 Å². The first-order valence-electron chi connectivity index (χ1n) is 12.6. The molecule has 2 aromatic carbocycles. The lowest BCUT2D eigenvalue weighted by Gasteiger charge is -2.40. The largest absolute Gasteiger partial charge is 0.389 e. The Morgan fingerprint density at radius 2 is 1.50 bits per heavy atom.